The Hall–Kier alpha value is -2.04. The minimum atomic E-state index is -3.40. The number of aliphatic imine (C=N–C) groups is 2. The summed E-state index contributed by atoms with van der Waals surface area (Å²) in [5.41, 5.74) is 4.76. The summed E-state index contributed by atoms with van der Waals surface area (Å²) in [6, 6.07) is 4.64. The first-order chi connectivity index (χ1) is 12.0. The molecule has 0 bridgehead atoms. The van der Waals surface area contributed by atoms with Gasteiger partial charge in [0.2, 0.25) is 0 Å². The predicted molar refractivity (Wildman–Crippen MR) is 96.5 cm³/mol. The number of hydrazine groups is 1. The number of halogens is 1. The Morgan fingerprint density at radius 1 is 1.38 bits per heavy atom. The first-order valence-electron chi connectivity index (χ1n) is 8.10. The summed E-state index contributed by atoms with van der Waals surface area (Å²) in [7, 11) is -3.40. The molecule has 142 valence electrons. The third-order valence-corrected chi connectivity index (χ3v) is 5.43. The van der Waals surface area contributed by atoms with Crippen molar-refractivity contribution in [3.8, 4) is 5.75 Å². The van der Waals surface area contributed by atoms with Gasteiger partial charge in [0.25, 0.3) is 0 Å². The largest absolute Gasteiger partial charge is 0.493 e. The average Bonchev–Trinajstić information content (AvgIpc) is 2.54. The SMILES string of the molecule is CC(C)(F)C1=NC(N)N(N)C(C2CCOc3ccc(S(C)(=O)=O)cc32)=N1. The molecule has 1 aromatic carbocycles. The Labute approximate surface area is 151 Å². The molecule has 0 aliphatic carbocycles. The first-order valence-corrected chi connectivity index (χ1v) is 9.99. The smallest absolute Gasteiger partial charge is 0.190 e. The van der Waals surface area contributed by atoms with Crippen molar-refractivity contribution in [2.45, 2.75) is 43.0 Å². The first kappa shape index (κ1) is 18.7. The van der Waals surface area contributed by atoms with Crippen LogP contribution < -0.4 is 16.3 Å². The van der Waals surface area contributed by atoms with Crippen LogP contribution >= 0.6 is 0 Å². The van der Waals surface area contributed by atoms with Crippen LogP contribution in [0.3, 0.4) is 0 Å². The molecule has 0 spiro atoms. The molecule has 2 atom stereocenters. The number of hydrogen-bond acceptors (Lipinski definition) is 8. The molecule has 8 nitrogen and oxygen atoms in total. The summed E-state index contributed by atoms with van der Waals surface area (Å²) in [6.07, 6.45) is 0.656. The van der Waals surface area contributed by atoms with E-state index in [0.717, 1.165) is 6.26 Å². The minimum Gasteiger partial charge on any atom is -0.493 e. The number of hydrogen-bond donors (Lipinski definition) is 2. The van der Waals surface area contributed by atoms with Gasteiger partial charge in [0.05, 0.1) is 17.4 Å². The highest BCUT2D eigenvalue weighted by molar-refractivity contribution is 7.90. The van der Waals surface area contributed by atoms with E-state index in [-0.39, 0.29) is 16.6 Å². The van der Waals surface area contributed by atoms with E-state index >= 15 is 0 Å². The zero-order valence-electron chi connectivity index (χ0n) is 14.8. The molecule has 4 N–H and O–H groups in total. The topological polar surface area (TPSA) is 123 Å². The Bertz CT molecular complexity index is 892. The van der Waals surface area contributed by atoms with Gasteiger partial charge in [0.1, 0.15) is 11.6 Å². The van der Waals surface area contributed by atoms with E-state index in [1.54, 1.807) is 12.1 Å². The van der Waals surface area contributed by atoms with Crippen molar-refractivity contribution in [1.29, 1.82) is 0 Å². The second-order valence-electron chi connectivity index (χ2n) is 6.88. The fourth-order valence-corrected chi connectivity index (χ4v) is 3.59. The maximum Gasteiger partial charge on any atom is 0.190 e. The van der Waals surface area contributed by atoms with Gasteiger partial charge < -0.3 is 4.74 Å². The van der Waals surface area contributed by atoms with Crippen LogP contribution in [0.2, 0.25) is 0 Å². The normalized spacial score (nSPS) is 23.7. The monoisotopic (exact) mass is 383 g/mol. The number of fused-ring (bicyclic) bond motifs is 1. The van der Waals surface area contributed by atoms with E-state index in [1.165, 1.54) is 24.9 Å². The van der Waals surface area contributed by atoms with Crippen molar-refractivity contribution >= 4 is 21.5 Å². The van der Waals surface area contributed by atoms with Gasteiger partial charge in [-0.05, 0) is 38.5 Å². The van der Waals surface area contributed by atoms with Crippen LogP contribution in [0.1, 0.15) is 31.7 Å². The van der Waals surface area contributed by atoms with E-state index in [9.17, 15) is 12.8 Å². The summed E-state index contributed by atoms with van der Waals surface area (Å²) in [6.45, 7) is 3.07. The summed E-state index contributed by atoms with van der Waals surface area (Å²) < 4.78 is 43.8. The van der Waals surface area contributed by atoms with Crippen LogP contribution in [0.4, 0.5) is 4.39 Å². The van der Waals surface area contributed by atoms with Crippen LogP contribution in [0.15, 0.2) is 33.1 Å². The molecule has 1 aromatic rings. The third-order valence-electron chi connectivity index (χ3n) is 4.32. The molecule has 0 saturated heterocycles. The van der Waals surface area contributed by atoms with Crippen molar-refractivity contribution in [2.24, 2.45) is 21.6 Å². The molecule has 2 aliphatic heterocycles. The van der Waals surface area contributed by atoms with Crippen LogP contribution in [-0.2, 0) is 9.84 Å². The van der Waals surface area contributed by atoms with Gasteiger partial charge in [-0.1, -0.05) is 0 Å². The maximum absolute atomic E-state index is 14.4. The Kier molecular flexibility index (Phi) is 4.53. The molecule has 0 amide bonds. The Morgan fingerprint density at radius 2 is 2.08 bits per heavy atom. The van der Waals surface area contributed by atoms with Crippen LogP contribution in [0, 0.1) is 0 Å². The number of rotatable bonds is 3. The van der Waals surface area contributed by atoms with E-state index in [4.69, 9.17) is 16.3 Å². The molecule has 2 unspecified atom stereocenters. The average molecular weight is 383 g/mol. The zero-order valence-corrected chi connectivity index (χ0v) is 15.6. The summed E-state index contributed by atoms with van der Waals surface area (Å²) in [4.78, 5) is 8.47. The van der Waals surface area contributed by atoms with Crippen LogP contribution in [0.25, 0.3) is 0 Å². The number of benzene rings is 1. The van der Waals surface area contributed by atoms with Gasteiger partial charge in [-0.15, -0.1) is 0 Å². The Balaban J connectivity index is 2.11. The summed E-state index contributed by atoms with van der Waals surface area (Å²) in [5.74, 6) is 6.48. The fourth-order valence-electron chi connectivity index (χ4n) is 2.93. The lowest BCUT2D eigenvalue weighted by atomic mass is 9.91. The second kappa shape index (κ2) is 6.29. The quantitative estimate of drug-likeness (QED) is 0.749. The number of sulfone groups is 1. The third kappa shape index (κ3) is 3.44. The van der Waals surface area contributed by atoms with Crippen molar-refractivity contribution in [1.82, 2.24) is 5.01 Å². The molecule has 2 aliphatic rings. The summed E-state index contributed by atoms with van der Waals surface area (Å²) in [5, 5.41) is 1.18. The number of ether oxygens (including phenoxy) is 1. The van der Waals surface area contributed by atoms with Gasteiger partial charge in [0.15, 0.2) is 27.6 Å². The maximum atomic E-state index is 14.4. The number of nitrogens with two attached hydrogens (primary N) is 2. The molecule has 3 rings (SSSR count). The number of alkyl halides is 1. The highest BCUT2D eigenvalue weighted by Crippen LogP contribution is 2.37. The van der Waals surface area contributed by atoms with E-state index in [0.29, 0.717) is 30.2 Å². The highest BCUT2D eigenvalue weighted by Gasteiger charge is 2.36. The van der Waals surface area contributed by atoms with E-state index in [2.05, 4.69) is 9.98 Å². The van der Waals surface area contributed by atoms with Gasteiger partial charge in [-0.2, -0.15) is 0 Å². The summed E-state index contributed by atoms with van der Waals surface area (Å²) >= 11 is 0. The zero-order chi connectivity index (χ0) is 19.3. The molecule has 2 heterocycles. The van der Waals surface area contributed by atoms with Gasteiger partial charge in [0, 0.05) is 11.8 Å². The van der Waals surface area contributed by atoms with Crippen molar-refractivity contribution < 1.29 is 17.5 Å². The lowest BCUT2D eigenvalue weighted by Gasteiger charge is -2.36. The minimum absolute atomic E-state index is 0.0472. The second-order valence-corrected chi connectivity index (χ2v) is 8.89. The number of amidine groups is 2. The van der Waals surface area contributed by atoms with Gasteiger partial charge >= 0.3 is 0 Å². The number of nitrogens with zero attached hydrogens (tertiary/aromatic N) is 3. The standard InChI is InChI=1S/C16H22FN5O3S/c1-16(2,17)14-20-13(22(19)15(18)21-14)10-6-7-25-12-5-4-9(8-11(10)12)26(3,23)24/h4-5,8,10,15H,6-7,18-19H2,1-3H3. The lowest BCUT2D eigenvalue weighted by molar-refractivity contribution is 0.260. The van der Waals surface area contributed by atoms with E-state index < -0.39 is 21.8 Å². The predicted octanol–water partition coefficient (Wildman–Crippen LogP) is 0.933. The molecule has 0 radical (unpaired) electrons. The van der Waals surface area contributed by atoms with Crippen molar-refractivity contribution in [3.63, 3.8) is 0 Å². The fraction of sp³-hybridized carbons (Fsp3) is 0.500. The van der Waals surface area contributed by atoms with Crippen LogP contribution in [0.5, 0.6) is 5.75 Å². The Morgan fingerprint density at radius 3 is 2.69 bits per heavy atom. The molecule has 0 aromatic heterocycles. The molecular formula is C16H22FN5O3S. The van der Waals surface area contributed by atoms with Crippen LogP contribution in [-0.4, -0.2) is 49.9 Å². The van der Waals surface area contributed by atoms with Crippen molar-refractivity contribution in [3.05, 3.63) is 23.8 Å². The molecule has 0 saturated carbocycles. The van der Waals surface area contributed by atoms with Gasteiger partial charge in [-0.3, -0.25) is 10.7 Å². The van der Waals surface area contributed by atoms with Gasteiger partial charge in [-0.25, -0.2) is 28.6 Å². The molecule has 10 heteroatoms. The van der Waals surface area contributed by atoms with Crippen molar-refractivity contribution in [2.75, 3.05) is 12.9 Å². The highest BCUT2D eigenvalue weighted by atomic mass is 32.2. The lowest BCUT2D eigenvalue weighted by Crippen LogP contribution is -2.55. The molecule has 0 fully saturated rings. The van der Waals surface area contributed by atoms with E-state index in [1.807, 2.05) is 0 Å². The molecular weight excluding hydrogens is 361 g/mol. The molecule has 26 heavy (non-hydrogen) atoms.